The maximum absolute atomic E-state index is 13.3. The lowest BCUT2D eigenvalue weighted by atomic mass is 9.98. The predicted octanol–water partition coefficient (Wildman–Crippen LogP) is 7.85. The first-order valence-electron chi connectivity index (χ1n) is 13.2. The molecule has 2 aliphatic heterocycles. The van der Waals surface area contributed by atoms with Gasteiger partial charge in [0.1, 0.15) is 5.75 Å². The summed E-state index contributed by atoms with van der Waals surface area (Å²) in [5, 5.41) is 7.15. The van der Waals surface area contributed by atoms with Gasteiger partial charge in [-0.15, -0.1) is 0 Å². The van der Waals surface area contributed by atoms with E-state index in [2.05, 4.69) is 53.5 Å². The van der Waals surface area contributed by atoms with Crippen molar-refractivity contribution in [2.45, 2.75) is 19.4 Å². The van der Waals surface area contributed by atoms with Gasteiger partial charge in [0.25, 0.3) is 5.91 Å². The van der Waals surface area contributed by atoms with Crippen LogP contribution in [0.3, 0.4) is 0 Å². The molecular formula is C33H27N3O2S2. The Morgan fingerprint density at radius 3 is 2.23 bits per heavy atom. The summed E-state index contributed by atoms with van der Waals surface area (Å²) in [4.78, 5) is 15.4. The van der Waals surface area contributed by atoms with Gasteiger partial charge < -0.3 is 4.74 Å². The highest BCUT2D eigenvalue weighted by Crippen LogP contribution is 2.39. The van der Waals surface area contributed by atoms with Crippen molar-refractivity contribution in [2.75, 3.05) is 16.5 Å². The summed E-state index contributed by atoms with van der Waals surface area (Å²) in [6.07, 6.45) is 2.72. The number of thioether (sulfide) groups is 1. The standard InChI is InChI=1S/C33H27N3O2S2/c1-2-38-28-19-17-26(18-20-28)35-32(37)31(40-33(35)39)21-23-13-15-27(16-14-23)36-30(25-11-7-4-8-12-25)22-29(34-36)24-9-5-3-6-10-24/h3-21,30H,2,22H2,1H3. The molecule has 0 aliphatic carbocycles. The zero-order chi connectivity index (χ0) is 27.5. The first-order valence-corrected chi connectivity index (χ1v) is 14.4. The van der Waals surface area contributed by atoms with Crippen LogP contribution in [0, 0.1) is 0 Å². The van der Waals surface area contributed by atoms with E-state index in [0.29, 0.717) is 15.8 Å². The van der Waals surface area contributed by atoms with Crippen LogP contribution in [0.15, 0.2) is 119 Å². The number of ether oxygens (including phenoxy) is 1. The Morgan fingerprint density at radius 2 is 1.55 bits per heavy atom. The molecule has 40 heavy (non-hydrogen) atoms. The molecular weight excluding hydrogens is 535 g/mol. The lowest BCUT2D eigenvalue weighted by Crippen LogP contribution is -2.27. The summed E-state index contributed by atoms with van der Waals surface area (Å²) in [6.45, 7) is 2.53. The molecule has 4 aromatic carbocycles. The normalized spacial score (nSPS) is 18.0. The summed E-state index contributed by atoms with van der Waals surface area (Å²) in [5.74, 6) is 0.643. The molecule has 0 spiro atoms. The number of hydrogen-bond acceptors (Lipinski definition) is 6. The van der Waals surface area contributed by atoms with Crippen LogP contribution in [-0.2, 0) is 4.79 Å². The van der Waals surface area contributed by atoms with Gasteiger partial charge in [-0.3, -0.25) is 14.7 Å². The molecule has 0 aromatic heterocycles. The smallest absolute Gasteiger partial charge is 0.270 e. The monoisotopic (exact) mass is 561 g/mol. The molecule has 0 bridgehead atoms. The van der Waals surface area contributed by atoms with Crippen LogP contribution in [0.5, 0.6) is 5.75 Å². The third kappa shape index (κ3) is 5.30. The molecule has 7 heteroatoms. The molecule has 0 saturated carbocycles. The van der Waals surface area contributed by atoms with E-state index in [0.717, 1.165) is 40.4 Å². The van der Waals surface area contributed by atoms with E-state index in [1.807, 2.05) is 73.7 Å². The minimum Gasteiger partial charge on any atom is -0.494 e. The lowest BCUT2D eigenvalue weighted by Gasteiger charge is -2.24. The van der Waals surface area contributed by atoms with Gasteiger partial charge in [-0.1, -0.05) is 96.8 Å². The molecule has 1 unspecified atom stereocenters. The molecule has 0 radical (unpaired) electrons. The Bertz CT molecular complexity index is 1580. The van der Waals surface area contributed by atoms with Crippen molar-refractivity contribution in [3.63, 3.8) is 0 Å². The quantitative estimate of drug-likeness (QED) is 0.170. The second kappa shape index (κ2) is 11.5. The third-order valence-electron chi connectivity index (χ3n) is 6.86. The summed E-state index contributed by atoms with van der Waals surface area (Å²) < 4.78 is 6.04. The van der Waals surface area contributed by atoms with E-state index in [4.69, 9.17) is 22.1 Å². The van der Waals surface area contributed by atoms with Crippen LogP contribution in [0.2, 0.25) is 0 Å². The highest BCUT2D eigenvalue weighted by Gasteiger charge is 2.33. The van der Waals surface area contributed by atoms with Gasteiger partial charge in [0.2, 0.25) is 0 Å². The number of nitrogens with zero attached hydrogens (tertiary/aromatic N) is 3. The van der Waals surface area contributed by atoms with Crippen molar-refractivity contribution in [1.29, 1.82) is 0 Å². The fraction of sp³-hybridized carbons (Fsp3) is 0.121. The Morgan fingerprint density at radius 1 is 0.900 bits per heavy atom. The second-order valence-corrected chi connectivity index (χ2v) is 11.1. The minimum atomic E-state index is -0.121. The lowest BCUT2D eigenvalue weighted by molar-refractivity contribution is -0.113. The van der Waals surface area contributed by atoms with Crippen LogP contribution in [0.25, 0.3) is 6.08 Å². The van der Waals surface area contributed by atoms with Gasteiger partial charge >= 0.3 is 0 Å². The zero-order valence-electron chi connectivity index (χ0n) is 21.9. The summed E-state index contributed by atoms with van der Waals surface area (Å²) in [7, 11) is 0. The molecule has 1 saturated heterocycles. The number of anilines is 2. The first-order chi connectivity index (χ1) is 19.6. The SMILES string of the molecule is CCOc1ccc(N2C(=O)C(=Cc3ccc(N4N=C(c5ccccc5)CC4c4ccccc4)cc3)SC2=S)cc1. The number of carbonyl (C=O) groups excluding carboxylic acids is 1. The molecule has 0 N–H and O–H groups in total. The predicted molar refractivity (Wildman–Crippen MR) is 169 cm³/mol. The molecule has 2 aliphatic rings. The highest BCUT2D eigenvalue weighted by atomic mass is 32.2. The number of rotatable bonds is 7. The van der Waals surface area contributed by atoms with Gasteiger partial charge in [-0.2, -0.15) is 5.10 Å². The zero-order valence-corrected chi connectivity index (χ0v) is 23.6. The molecule has 2 heterocycles. The average molecular weight is 562 g/mol. The minimum absolute atomic E-state index is 0.104. The van der Waals surface area contributed by atoms with E-state index in [-0.39, 0.29) is 11.9 Å². The fourth-order valence-corrected chi connectivity index (χ4v) is 6.21. The van der Waals surface area contributed by atoms with Crippen LogP contribution >= 0.6 is 24.0 Å². The first kappa shape index (κ1) is 26.0. The van der Waals surface area contributed by atoms with E-state index >= 15 is 0 Å². The van der Waals surface area contributed by atoms with Crippen molar-refractivity contribution in [2.24, 2.45) is 5.10 Å². The van der Waals surface area contributed by atoms with Gasteiger partial charge in [0.05, 0.1) is 34.6 Å². The van der Waals surface area contributed by atoms with Gasteiger partial charge in [0.15, 0.2) is 4.32 Å². The van der Waals surface area contributed by atoms with Crippen LogP contribution in [0.1, 0.15) is 36.1 Å². The average Bonchev–Trinajstić information content (AvgIpc) is 3.56. The Hall–Kier alpha value is -4.20. The van der Waals surface area contributed by atoms with E-state index in [1.54, 1.807) is 4.90 Å². The van der Waals surface area contributed by atoms with Crippen LogP contribution < -0.4 is 14.6 Å². The van der Waals surface area contributed by atoms with Crippen LogP contribution in [-0.4, -0.2) is 22.5 Å². The molecule has 198 valence electrons. The Labute approximate surface area is 243 Å². The van der Waals surface area contributed by atoms with Gasteiger partial charge in [0, 0.05) is 6.42 Å². The fourth-order valence-electron chi connectivity index (χ4n) is 4.91. The summed E-state index contributed by atoms with van der Waals surface area (Å²) in [5.41, 5.74) is 6.09. The van der Waals surface area contributed by atoms with Crippen molar-refractivity contribution >= 4 is 57.4 Å². The maximum atomic E-state index is 13.3. The van der Waals surface area contributed by atoms with E-state index < -0.39 is 0 Å². The summed E-state index contributed by atoms with van der Waals surface area (Å²) >= 11 is 6.87. The van der Waals surface area contributed by atoms with Gasteiger partial charge in [-0.25, -0.2) is 0 Å². The largest absolute Gasteiger partial charge is 0.494 e. The van der Waals surface area contributed by atoms with Gasteiger partial charge in [-0.05, 0) is 66.1 Å². The molecule has 4 aromatic rings. The number of hydrogen-bond donors (Lipinski definition) is 0. The Balaban J connectivity index is 1.24. The molecule has 1 amide bonds. The van der Waals surface area contributed by atoms with Crippen molar-refractivity contribution < 1.29 is 9.53 Å². The van der Waals surface area contributed by atoms with Crippen molar-refractivity contribution in [3.05, 3.63) is 131 Å². The summed E-state index contributed by atoms with van der Waals surface area (Å²) in [6, 6.07) is 36.5. The Kier molecular flexibility index (Phi) is 7.49. The molecule has 1 fully saturated rings. The number of amides is 1. The van der Waals surface area contributed by atoms with E-state index in [9.17, 15) is 4.79 Å². The second-order valence-electron chi connectivity index (χ2n) is 9.42. The van der Waals surface area contributed by atoms with Crippen LogP contribution in [0.4, 0.5) is 11.4 Å². The van der Waals surface area contributed by atoms with Crippen molar-refractivity contribution in [3.8, 4) is 5.75 Å². The third-order valence-corrected chi connectivity index (χ3v) is 8.16. The molecule has 1 atom stereocenters. The number of carbonyl (C=O) groups is 1. The van der Waals surface area contributed by atoms with E-state index in [1.165, 1.54) is 17.3 Å². The maximum Gasteiger partial charge on any atom is 0.270 e. The topological polar surface area (TPSA) is 45.1 Å². The molecule has 5 nitrogen and oxygen atoms in total. The van der Waals surface area contributed by atoms with Crippen molar-refractivity contribution in [1.82, 2.24) is 0 Å². The number of hydrazone groups is 1. The number of benzene rings is 4. The highest BCUT2D eigenvalue weighted by molar-refractivity contribution is 8.27. The molecule has 6 rings (SSSR count). The number of thiocarbonyl (C=S) groups is 1.